The van der Waals surface area contributed by atoms with E-state index in [-0.39, 0.29) is 24.9 Å². The highest BCUT2D eigenvalue weighted by molar-refractivity contribution is 7.92. The molecule has 8 nitrogen and oxygen atoms in total. The highest BCUT2D eigenvalue weighted by atomic mass is 32.2. The van der Waals surface area contributed by atoms with Gasteiger partial charge in [-0.15, -0.1) is 0 Å². The van der Waals surface area contributed by atoms with Crippen LogP contribution in [0.1, 0.15) is 42.6 Å². The molecule has 0 aromatic heterocycles. The van der Waals surface area contributed by atoms with Crippen LogP contribution in [-0.2, 0) is 14.8 Å². The van der Waals surface area contributed by atoms with E-state index in [1.807, 2.05) is 20.8 Å². The molecule has 172 valence electrons. The average Bonchev–Trinajstić information content (AvgIpc) is 2.93. The van der Waals surface area contributed by atoms with Gasteiger partial charge in [-0.05, 0) is 50.1 Å². The maximum Gasteiger partial charge on any atom is 0.265 e. The molecule has 2 aromatic rings. The SMILES string of the molecule is CCC(C)NC(=O)c1ccccc1NC(=O)C1CCN(S(C)(=O)=O)c2cc(C)ccc2O1. The van der Waals surface area contributed by atoms with Crippen molar-refractivity contribution >= 4 is 33.2 Å². The van der Waals surface area contributed by atoms with E-state index in [0.717, 1.165) is 18.2 Å². The third kappa shape index (κ3) is 5.40. The number of rotatable bonds is 6. The summed E-state index contributed by atoms with van der Waals surface area (Å²) in [6.45, 7) is 5.84. The topological polar surface area (TPSA) is 105 Å². The summed E-state index contributed by atoms with van der Waals surface area (Å²) in [6.07, 6.45) is 1.15. The van der Waals surface area contributed by atoms with Crippen molar-refractivity contribution in [2.45, 2.75) is 45.8 Å². The molecule has 32 heavy (non-hydrogen) atoms. The minimum Gasteiger partial charge on any atom is -0.478 e. The van der Waals surface area contributed by atoms with Crippen LogP contribution in [0.15, 0.2) is 42.5 Å². The fourth-order valence-electron chi connectivity index (χ4n) is 3.43. The number of sulfonamides is 1. The molecule has 1 heterocycles. The molecule has 2 unspecified atom stereocenters. The van der Waals surface area contributed by atoms with Crippen LogP contribution in [0, 0.1) is 6.92 Å². The van der Waals surface area contributed by atoms with Crippen LogP contribution in [0.5, 0.6) is 5.75 Å². The normalized spacial score (nSPS) is 16.9. The van der Waals surface area contributed by atoms with Gasteiger partial charge < -0.3 is 15.4 Å². The van der Waals surface area contributed by atoms with Crippen LogP contribution in [0.25, 0.3) is 0 Å². The average molecular weight is 460 g/mol. The zero-order valence-electron chi connectivity index (χ0n) is 18.7. The lowest BCUT2D eigenvalue weighted by Crippen LogP contribution is -2.37. The minimum atomic E-state index is -3.55. The second kappa shape index (κ2) is 9.60. The summed E-state index contributed by atoms with van der Waals surface area (Å²) in [5.74, 6) is -0.404. The molecule has 1 aliphatic rings. The number of carbonyl (C=O) groups excluding carboxylic acids is 2. The third-order valence-corrected chi connectivity index (χ3v) is 6.54. The molecule has 2 atom stereocenters. The van der Waals surface area contributed by atoms with Gasteiger partial charge in [0.1, 0.15) is 5.75 Å². The lowest BCUT2D eigenvalue weighted by Gasteiger charge is -2.21. The van der Waals surface area contributed by atoms with Crippen molar-refractivity contribution in [3.63, 3.8) is 0 Å². The second-order valence-electron chi connectivity index (χ2n) is 8.02. The Morgan fingerprint density at radius 3 is 2.62 bits per heavy atom. The monoisotopic (exact) mass is 459 g/mol. The van der Waals surface area contributed by atoms with Crippen LogP contribution in [0.2, 0.25) is 0 Å². The van der Waals surface area contributed by atoms with E-state index in [2.05, 4.69) is 10.6 Å². The molecule has 3 rings (SSSR count). The number of hydrogen-bond acceptors (Lipinski definition) is 5. The van der Waals surface area contributed by atoms with Crippen LogP contribution in [0.4, 0.5) is 11.4 Å². The molecule has 1 aliphatic heterocycles. The van der Waals surface area contributed by atoms with E-state index in [0.29, 0.717) is 22.7 Å². The Hall–Kier alpha value is -3.07. The predicted octanol–water partition coefficient (Wildman–Crippen LogP) is 3.08. The number of nitrogens with one attached hydrogen (secondary N) is 2. The number of aryl methyl sites for hydroxylation is 1. The summed E-state index contributed by atoms with van der Waals surface area (Å²) in [4.78, 5) is 25.7. The molecule has 0 saturated carbocycles. The molecule has 2 aromatic carbocycles. The van der Waals surface area contributed by atoms with Gasteiger partial charge in [-0.1, -0.05) is 25.1 Å². The van der Waals surface area contributed by atoms with Crippen molar-refractivity contribution in [3.8, 4) is 5.75 Å². The van der Waals surface area contributed by atoms with E-state index in [4.69, 9.17) is 4.74 Å². The molecule has 0 fully saturated rings. The molecule has 0 radical (unpaired) electrons. The largest absolute Gasteiger partial charge is 0.478 e. The number of ether oxygens (including phenoxy) is 1. The van der Waals surface area contributed by atoms with Gasteiger partial charge >= 0.3 is 0 Å². The van der Waals surface area contributed by atoms with E-state index in [1.54, 1.807) is 42.5 Å². The van der Waals surface area contributed by atoms with Gasteiger partial charge in [-0.3, -0.25) is 13.9 Å². The smallest absolute Gasteiger partial charge is 0.265 e. The van der Waals surface area contributed by atoms with Gasteiger partial charge in [-0.25, -0.2) is 8.42 Å². The summed E-state index contributed by atoms with van der Waals surface area (Å²) >= 11 is 0. The van der Waals surface area contributed by atoms with Gasteiger partial charge in [0.2, 0.25) is 10.0 Å². The zero-order valence-corrected chi connectivity index (χ0v) is 19.5. The summed E-state index contributed by atoms with van der Waals surface area (Å²) in [5.41, 5.74) is 2.01. The highest BCUT2D eigenvalue weighted by Crippen LogP contribution is 2.35. The quantitative estimate of drug-likeness (QED) is 0.691. The van der Waals surface area contributed by atoms with Crippen LogP contribution >= 0.6 is 0 Å². The van der Waals surface area contributed by atoms with Crippen molar-refractivity contribution in [2.75, 3.05) is 22.4 Å². The Bertz CT molecular complexity index is 1120. The Morgan fingerprint density at radius 2 is 1.94 bits per heavy atom. The van der Waals surface area contributed by atoms with E-state index in [9.17, 15) is 18.0 Å². The van der Waals surface area contributed by atoms with Crippen molar-refractivity contribution in [1.82, 2.24) is 5.32 Å². The first-order chi connectivity index (χ1) is 15.1. The van der Waals surface area contributed by atoms with E-state index < -0.39 is 22.0 Å². The lowest BCUT2D eigenvalue weighted by atomic mass is 10.1. The predicted molar refractivity (Wildman–Crippen MR) is 125 cm³/mol. The van der Waals surface area contributed by atoms with Gasteiger partial charge in [0, 0.05) is 19.0 Å². The van der Waals surface area contributed by atoms with Gasteiger partial charge in [0.05, 0.1) is 23.2 Å². The van der Waals surface area contributed by atoms with Crippen molar-refractivity contribution in [2.24, 2.45) is 0 Å². The Labute approximate surface area is 189 Å². The number of hydrogen-bond donors (Lipinski definition) is 2. The number of nitrogens with zero attached hydrogens (tertiary/aromatic N) is 1. The molecule has 0 saturated heterocycles. The van der Waals surface area contributed by atoms with E-state index >= 15 is 0 Å². The Balaban J connectivity index is 1.84. The molecule has 2 N–H and O–H groups in total. The van der Waals surface area contributed by atoms with Crippen LogP contribution in [-0.4, -0.2) is 45.2 Å². The zero-order chi connectivity index (χ0) is 23.5. The number of anilines is 2. The van der Waals surface area contributed by atoms with Crippen molar-refractivity contribution < 1.29 is 22.7 Å². The highest BCUT2D eigenvalue weighted by Gasteiger charge is 2.31. The number of para-hydroxylation sites is 1. The maximum atomic E-state index is 13.1. The van der Waals surface area contributed by atoms with Gasteiger partial charge in [0.15, 0.2) is 6.10 Å². The first-order valence-electron chi connectivity index (χ1n) is 10.6. The molecular formula is C23H29N3O5S. The number of benzene rings is 2. The third-order valence-electron chi connectivity index (χ3n) is 5.36. The van der Waals surface area contributed by atoms with E-state index in [1.165, 1.54) is 4.31 Å². The molecule has 0 bridgehead atoms. The molecular weight excluding hydrogens is 430 g/mol. The second-order valence-corrected chi connectivity index (χ2v) is 9.93. The van der Waals surface area contributed by atoms with Crippen molar-refractivity contribution in [3.05, 3.63) is 53.6 Å². The number of carbonyl (C=O) groups is 2. The molecule has 0 spiro atoms. The first kappa shape index (κ1) is 23.6. The first-order valence-corrected chi connectivity index (χ1v) is 12.4. The fourth-order valence-corrected chi connectivity index (χ4v) is 4.36. The van der Waals surface area contributed by atoms with Crippen LogP contribution < -0.4 is 19.7 Å². The summed E-state index contributed by atoms with van der Waals surface area (Å²) in [7, 11) is -3.55. The number of fused-ring (bicyclic) bond motifs is 1. The molecule has 0 aliphatic carbocycles. The minimum absolute atomic E-state index is 0.00150. The van der Waals surface area contributed by atoms with Crippen molar-refractivity contribution in [1.29, 1.82) is 0 Å². The van der Waals surface area contributed by atoms with Crippen LogP contribution in [0.3, 0.4) is 0 Å². The molecule has 2 amide bonds. The molecule has 9 heteroatoms. The Morgan fingerprint density at radius 1 is 1.22 bits per heavy atom. The van der Waals surface area contributed by atoms with Gasteiger partial charge in [0.25, 0.3) is 11.8 Å². The summed E-state index contributed by atoms with van der Waals surface area (Å²) in [6, 6.07) is 11.9. The lowest BCUT2D eigenvalue weighted by molar-refractivity contribution is -0.122. The standard InChI is InChI=1S/C23H29N3O5S/c1-5-16(3)24-22(27)17-8-6-7-9-18(17)25-23(28)21-12-13-26(32(4,29)30)19-14-15(2)10-11-20(19)31-21/h6-11,14,16,21H,5,12-13H2,1-4H3,(H,24,27)(H,25,28). The summed E-state index contributed by atoms with van der Waals surface area (Å²) in [5, 5.41) is 5.68. The fraction of sp³-hybridized carbons (Fsp3) is 0.391. The Kier molecular flexibility index (Phi) is 7.08. The maximum absolute atomic E-state index is 13.1. The van der Waals surface area contributed by atoms with Gasteiger partial charge in [-0.2, -0.15) is 0 Å². The number of amides is 2. The summed E-state index contributed by atoms with van der Waals surface area (Å²) < 4.78 is 31.9.